The van der Waals surface area contributed by atoms with Crippen LogP contribution in [0.3, 0.4) is 0 Å². The molecule has 0 saturated carbocycles. The second-order valence-electron chi connectivity index (χ2n) is 9.24. The molecule has 2 aromatic heterocycles. The third kappa shape index (κ3) is 11.2. The number of azide groups is 1. The van der Waals surface area contributed by atoms with E-state index in [9.17, 15) is 14.4 Å². The molecule has 16 heteroatoms. The number of ether oxygens (including phenoxy) is 5. The zero-order valence-corrected chi connectivity index (χ0v) is 25.6. The predicted molar refractivity (Wildman–Crippen MR) is 163 cm³/mol. The van der Waals surface area contributed by atoms with Gasteiger partial charge in [-0.15, -0.1) is 0 Å². The summed E-state index contributed by atoms with van der Waals surface area (Å²) in [6.45, 7) is 2.51. The molecule has 45 heavy (non-hydrogen) atoms. The number of aromatic nitrogens is 3. The van der Waals surface area contributed by atoms with Gasteiger partial charge in [-0.05, 0) is 28.8 Å². The number of aryl methyl sites for hydroxylation is 1. The van der Waals surface area contributed by atoms with Gasteiger partial charge in [-0.1, -0.05) is 41.0 Å². The smallest absolute Gasteiger partial charge is 0.328 e. The Morgan fingerprint density at radius 2 is 1.71 bits per heavy atom. The molecule has 3 aromatic rings. The van der Waals surface area contributed by atoms with Crippen LogP contribution in [-0.2, 0) is 37.2 Å². The number of hydrogen-bond acceptors (Lipinski definition) is 11. The highest BCUT2D eigenvalue weighted by molar-refractivity contribution is 6.32. The second kappa shape index (κ2) is 19.0. The fraction of sp³-hybridized carbons (Fsp3) is 0.414. The van der Waals surface area contributed by atoms with Gasteiger partial charge in [0, 0.05) is 31.1 Å². The lowest BCUT2D eigenvalue weighted by Gasteiger charge is -2.17. The summed E-state index contributed by atoms with van der Waals surface area (Å²) in [6.07, 6.45) is 3.04. The predicted octanol–water partition coefficient (Wildman–Crippen LogP) is 2.75. The van der Waals surface area contributed by atoms with Gasteiger partial charge < -0.3 is 29.0 Å². The first-order valence-corrected chi connectivity index (χ1v) is 14.2. The van der Waals surface area contributed by atoms with Crippen molar-refractivity contribution in [3.63, 3.8) is 0 Å². The SMILES string of the molecule is COC(=O)[C@H](Cc1ccc(-c2c(OCCOCCOCCOCCN=[N+]=[N-])cnn(C)c2=O)cc1)NC(=O)c1cccnc1Cl. The molecule has 1 N–H and O–H groups in total. The Morgan fingerprint density at radius 3 is 2.36 bits per heavy atom. The fourth-order valence-electron chi connectivity index (χ4n) is 3.97. The number of hydrogen-bond donors (Lipinski definition) is 1. The first-order chi connectivity index (χ1) is 21.8. The van der Waals surface area contributed by atoms with Crippen LogP contribution in [0, 0.1) is 0 Å². The molecule has 1 aromatic carbocycles. The Kier molecular flexibility index (Phi) is 14.7. The summed E-state index contributed by atoms with van der Waals surface area (Å²) in [4.78, 5) is 44.7. The molecule has 15 nitrogen and oxygen atoms in total. The minimum absolute atomic E-state index is 0.0129. The van der Waals surface area contributed by atoms with Gasteiger partial charge in [0.2, 0.25) is 0 Å². The lowest BCUT2D eigenvalue weighted by molar-refractivity contribution is -0.142. The number of pyridine rings is 1. The molecule has 1 amide bonds. The Morgan fingerprint density at radius 1 is 1.04 bits per heavy atom. The van der Waals surface area contributed by atoms with E-state index in [2.05, 4.69) is 25.4 Å². The molecule has 2 heterocycles. The molecule has 0 bridgehead atoms. The normalized spacial score (nSPS) is 11.4. The molecule has 0 fully saturated rings. The molecule has 0 unspecified atom stereocenters. The lowest BCUT2D eigenvalue weighted by atomic mass is 10.0. The van der Waals surface area contributed by atoms with E-state index in [1.165, 1.54) is 37.3 Å². The highest BCUT2D eigenvalue weighted by Gasteiger charge is 2.24. The van der Waals surface area contributed by atoms with E-state index in [-0.39, 0.29) is 48.2 Å². The minimum Gasteiger partial charge on any atom is -0.489 e. The number of carbonyl (C=O) groups is 2. The number of nitrogens with one attached hydrogen (secondary N) is 1. The van der Waals surface area contributed by atoms with Crippen LogP contribution in [0.2, 0.25) is 5.15 Å². The van der Waals surface area contributed by atoms with E-state index in [0.29, 0.717) is 49.7 Å². The quantitative estimate of drug-likeness (QED) is 0.0508. The molecular formula is C29H34ClN7O8. The maximum absolute atomic E-state index is 13.0. The van der Waals surface area contributed by atoms with Crippen molar-refractivity contribution in [2.24, 2.45) is 12.2 Å². The van der Waals surface area contributed by atoms with Gasteiger partial charge in [0.25, 0.3) is 11.5 Å². The molecule has 0 spiro atoms. The van der Waals surface area contributed by atoms with E-state index in [0.717, 1.165) is 0 Å². The molecule has 0 radical (unpaired) electrons. The van der Waals surface area contributed by atoms with Crippen LogP contribution in [0.1, 0.15) is 15.9 Å². The van der Waals surface area contributed by atoms with Crippen molar-refractivity contribution in [1.82, 2.24) is 20.1 Å². The van der Waals surface area contributed by atoms with Crippen molar-refractivity contribution < 1.29 is 33.3 Å². The van der Waals surface area contributed by atoms with Crippen molar-refractivity contribution in [3.05, 3.63) is 85.9 Å². The molecule has 1 atom stereocenters. The number of esters is 1. The van der Waals surface area contributed by atoms with Crippen molar-refractivity contribution in [3.8, 4) is 16.9 Å². The number of amides is 1. The summed E-state index contributed by atoms with van der Waals surface area (Å²) in [5.74, 6) is -0.909. The summed E-state index contributed by atoms with van der Waals surface area (Å²) < 4.78 is 28.1. The van der Waals surface area contributed by atoms with Gasteiger partial charge in [-0.3, -0.25) is 9.59 Å². The Labute approximate surface area is 264 Å². The van der Waals surface area contributed by atoms with Crippen LogP contribution in [-0.4, -0.2) is 92.6 Å². The standard InChI is InChI=1S/C29H34ClN7O8/c1-37-28(39)25(24(19-34-37)45-17-16-44-15-14-43-13-12-42-11-10-33-36-31)21-7-5-20(6-8-21)18-23(29(40)41-2)35-27(38)22-4-3-9-32-26(22)30/h3-9,19,23H,10-18H2,1-2H3,(H,35,38)/t23-/m0/s1. The van der Waals surface area contributed by atoms with E-state index >= 15 is 0 Å². The summed E-state index contributed by atoms with van der Waals surface area (Å²) in [7, 11) is 2.77. The van der Waals surface area contributed by atoms with Crippen molar-refractivity contribution in [2.75, 3.05) is 59.9 Å². The highest BCUT2D eigenvalue weighted by atomic mass is 35.5. The van der Waals surface area contributed by atoms with Crippen LogP contribution in [0.5, 0.6) is 5.75 Å². The zero-order chi connectivity index (χ0) is 32.4. The van der Waals surface area contributed by atoms with Gasteiger partial charge in [0.1, 0.15) is 17.8 Å². The van der Waals surface area contributed by atoms with Crippen LogP contribution < -0.4 is 15.6 Å². The molecule has 0 aliphatic heterocycles. The van der Waals surface area contributed by atoms with E-state index < -0.39 is 17.9 Å². The molecule has 0 saturated heterocycles. The first kappa shape index (κ1) is 35.0. The zero-order valence-electron chi connectivity index (χ0n) is 24.9. The van der Waals surface area contributed by atoms with Crippen LogP contribution in [0.25, 0.3) is 21.6 Å². The largest absolute Gasteiger partial charge is 0.489 e. The van der Waals surface area contributed by atoms with Gasteiger partial charge >= 0.3 is 5.97 Å². The average molecular weight is 644 g/mol. The molecule has 0 aliphatic rings. The van der Waals surface area contributed by atoms with Crippen molar-refractivity contribution >= 4 is 23.5 Å². The molecule has 3 rings (SSSR count). The second-order valence-corrected chi connectivity index (χ2v) is 9.60. The summed E-state index contributed by atoms with van der Waals surface area (Å²) in [5.41, 5.74) is 9.56. The van der Waals surface area contributed by atoms with Crippen molar-refractivity contribution in [1.29, 1.82) is 0 Å². The first-order valence-electron chi connectivity index (χ1n) is 13.9. The molecule has 0 aliphatic carbocycles. The van der Waals surface area contributed by atoms with Crippen molar-refractivity contribution in [2.45, 2.75) is 12.5 Å². The Hall–Kier alpha value is -4.53. The number of methoxy groups -OCH3 is 1. The monoisotopic (exact) mass is 643 g/mol. The number of carbonyl (C=O) groups excluding carboxylic acids is 2. The van der Waals surface area contributed by atoms with Gasteiger partial charge in [0.15, 0.2) is 5.75 Å². The van der Waals surface area contributed by atoms with E-state index in [1.807, 2.05) is 0 Å². The maximum atomic E-state index is 13.0. The number of benzene rings is 1. The third-order valence-electron chi connectivity index (χ3n) is 6.21. The average Bonchev–Trinajstić information content (AvgIpc) is 3.05. The third-order valence-corrected chi connectivity index (χ3v) is 6.51. The fourth-order valence-corrected chi connectivity index (χ4v) is 4.18. The molecule has 240 valence electrons. The summed E-state index contributed by atoms with van der Waals surface area (Å²) in [6, 6.07) is 9.00. The summed E-state index contributed by atoms with van der Waals surface area (Å²) >= 11 is 6.02. The Balaban J connectivity index is 1.55. The van der Waals surface area contributed by atoms with Crippen LogP contribution in [0.15, 0.2) is 58.7 Å². The molecular weight excluding hydrogens is 610 g/mol. The van der Waals surface area contributed by atoms with E-state index in [1.54, 1.807) is 30.3 Å². The number of halogens is 1. The number of rotatable bonds is 19. The topological polar surface area (TPSA) is 189 Å². The minimum atomic E-state index is -0.994. The number of nitrogens with zero attached hydrogens (tertiary/aromatic N) is 6. The van der Waals surface area contributed by atoms with Crippen LogP contribution >= 0.6 is 11.6 Å². The summed E-state index contributed by atoms with van der Waals surface area (Å²) in [5, 5.41) is 10.1. The van der Waals surface area contributed by atoms with Gasteiger partial charge in [-0.25, -0.2) is 14.5 Å². The lowest BCUT2D eigenvalue weighted by Crippen LogP contribution is -2.43. The van der Waals surface area contributed by atoms with Crippen LogP contribution in [0.4, 0.5) is 0 Å². The maximum Gasteiger partial charge on any atom is 0.328 e. The van der Waals surface area contributed by atoms with Gasteiger partial charge in [-0.2, -0.15) is 5.10 Å². The van der Waals surface area contributed by atoms with Gasteiger partial charge in [0.05, 0.1) is 64.1 Å². The van der Waals surface area contributed by atoms with E-state index in [4.69, 9.17) is 40.8 Å². The Bertz CT molecular complexity index is 1510. The highest BCUT2D eigenvalue weighted by Crippen LogP contribution is 2.26.